The van der Waals surface area contributed by atoms with E-state index in [-0.39, 0.29) is 18.7 Å². The zero-order valence-corrected chi connectivity index (χ0v) is 15.9. The van der Waals surface area contributed by atoms with Crippen LogP contribution in [0.1, 0.15) is 16.8 Å². The van der Waals surface area contributed by atoms with Crippen LogP contribution in [0.25, 0.3) is 0 Å². The van der Waals surface area contributed by atoms with Crippen molar-refractivity contribution in [3.05, 3.63) is 60.2 Å². The van der Waals surface area contributed by atoms with Gasteiger partial charge in [-0.05, 0) is 36.4 Å². The summed E-state index contributed by atoms with van der Waals surface area (Å²) < 4.78 is 0. The van der Waals surface area contributed by atoms with Crippen LogP contribution < -0.4 is 27.1 Å². The Hall–Kier alpha value is -4.21. The summed E-state index contributed by atoms with van der Waals surface area (Å²) in [5.41, 5.74) is 12.0. The molecule has 0 bridgehead atoms. The number of rotatable bonds is 7. The summed E-state index contributed by atoms with van der Waals surface area (Å²) >= 11 is 0. The summed E-state index contributed by atoms with van der Waals surface area (Å²) in [7, 11) is 0. The molecule has 1 aliphatic heterocycles. The van der Waals surface area contributed by atoms with Gasteiger partial charge < -0.3 is 22.1 Å². The number of carbonyl (C=O) groups is 4. The predicted octanol–water partition coefficient (Wildman–Crippen LogP) is -0.0396. The topological polar surface area (TPSA) is 160 Å². The normalized spacial score (nSPS) is 15.3. The lowest BCUT2D eigenvalue weighted by Crippen LogP contribution is -2.39. The van der Waals surface area contributed by atoms with Crippen molar-refractivity contribution in [2.24, 2.45) is 16.6 Å². The van der Waals surface area contributed by atoms with E-state index in [1.165, 1.54) is 29.3 Å². The molecule has 1 aliphatic rings. The zero-order valence-electron chi connectivity index (χ0n) is 15.9. The van der Waals surface area contributed by atoms with E-state index in [0.717, 1.165) is 0 Å². The van der Waals surface area contributed by atoms with Crippen LogP contribution in [0.15, 0.2) is 59.7 Å². The van der Waals surface area contributed by atoms with E-state index >= 15 is 0 Å². The Balaban J connectivity index is 1.69. The molecule has 10 nitrogen and oxygen atoms in total. The van der Waals surface area contributed by atoms with E-state index in [9.17, 15) is 19.2 Å². The molecule has 0 spiro atoms. The lowest BCUT2D eigenvalue weighted by molar-refractivity contribution is -0.119. The van der Waals surface area contributed by atoms with Gasteiger partial charge >= 0.3 is 0 Å². The van der Waals surface area contributed by atoms with Crippen molar-refractivity contribution in [1.82, 2.24) is 5.32 Å². The fourth-order valence-electron chi connectivity index (χ4n) is 2.87. The van der Waals surface area contributed by atoms with E-state index in [4.69, 9.17) is 11.5 Å². The average Bonchev–Trinajstić information content (AvgIpc) is 3.19. The maximum Gasteiger partial charge on any atom is 0.271 e. The highest BCUT2D eigenvalue weighted by Gasteiger charge is 2.34. The largest absolute Gasteiger partial charge is 0.368 e. The van der Waals surface area contributed by atoms with E-state index in [1.54, 1.807) is 24.3 Å². The number of nitrogens with one attached hydrogen (secondary N) is 2. The molecule has 10 heteroatoms. The highest BCUT2D eigenvalue weighted by atomic mass is 16.2. The van der Waals surface area contributed by atoms with Gasteiger partial charge in [-0.25, -0.2) is 0 Å². The molecule has 3 rings (SSSR count). The molecule has 30 heavy (non-hydrogen) atoms. The van der Waals surface area contributed by atoms with Gasteiger partial charge in [-0.2, -0.15) is 5.10 Å². The van der Waals surface area contributed by atoms with Crippen LogP contribution >= 0.6 is 0 Å². The Labute approximate surface area is 171 Å². The summed E-state index contributed by atoms with van der Waals surface area (Å²) in [4.78, 5) is 47.0. The summed E-state index contributed by atoms with van der Waals surface area (Å²) in [6.45, 7) is -0.268. The van der Waals surface area contributed by atoms with Crippen LogP contribution in [0.2, 0.25) is 0 Å². The fourth-order valence-corrected chi connectivity index (χ4v) is 2.87. The third kappa shape index (κ3) is 4.79. The van der Waals surface area contributed by atoms with Gasteiger partial charge in [0.25, 0.3) is 11.8 Å². The Bertz CT molecular complexity index is 1000. The van der Waals surface area contributed by atoms with Crippen molar-refractivity contribution < 1.29 is 19.2 Å². The number of anilines is 2. The third-order valence-electron chi connectivity index (χ3n) is 4.35. The van der Waals surface area contributed by atoms with Crippen molar-refractivity contribution >= 4 is 40.7 Å². The molecule has 154 valence electrons. The number of nitrogens with zero attached hydrogens (tertiary/aromatic N) is 2. The van der Waals surface area contributed by atoms with Crippen LogP contribution in [0.4, 0.5) is 11.4 Å². The molecule has 1 atom stereocenters. The first-order chi connectivity index (χ1) is 14.3. The monoisotopic (exact) mass is 408 g/mol. The Morgan fingerprint density at radius 1 is 0.967 bits per heavy atom. The molecule has 6 N–H and O–H groups in total. The van der Waals surface area contributed by atoms with Gasteiger partial charge in [-0.1, -0.05) is 18.2 Å². The minimum atomic E-state index is -0.760. The van der Waals surface area contributed by atoms with Crippen LogP contribution in [-0.4, -0.2) is 41.9 Å². The zero-order chi connectivity index (χ0) is 21.7. The minimum Gasteiger partial charge on any atom is -0.368 e. The molecule has 0 aromatic heterocycles. The van der Waals surface area contributed by atoms with Crippen LogP contribution in [0.3, 0.4) is 0 Å². The van der Waals surface area contributed by atoms with Gasteiger partial charge in [0.05, 0.1) is 12.2 Å². The Morgan fingerprint density at radius 2 is 1.63 bits per heavy atom. The molecule has 4 amide bonds. The Kier molecular flexibility index (Phi) is 6.06. The first-order valence-corrected chi connectivity index (χ1v) is 9.04. The molecular weight excluding hydrogens is 388 g/mol. The van der Waals surface area contributed by atoms with Crippen molar-refractivity contribution in [1.29, 1.82) is 0 Å². The maximum atomic E-state index is 12.6. The molecular formula is C20H20N6O4. The number of hydrazone groups is 1. The Morgan fingerprint density at radius 3 is 2.23 bits per heavy atom. The van der Waals surface area contributed by atoms with Crippen LogP contribution in [0.5, 0.6) is 0 Å². The fraction of sp³-hybridized carbons (Fsp3) is 0.150. The second-order valence-corrected chi connectivity index (χ2v) is 6.53. The third-order valence-corrected chi connectivity index (χ3v) is 4.35. The number of hydrogen-bond acceptors (Lipinski definition) is 6. The van der Waals surface area contributed by atoms with Crippen LogP contribution in [0, 0.1) is 0 Å². The summed E-state index contributed by atoms with van der Waals surface area (Å²) in [5.74, 6) is -2.18. The predicted molar refractivity (Wildman–Crippen MR) is 111 cm³/mol. The molecule has 0 aliphatic carbocycles. The van der Waals surface area contributed by atoms with E-state index < -0.39 is 29.7 Å². The molecule has 0 fully saturated rings. The highest BCUT2D eigenvalue weighted by Crippen LogP contribution is 2.24. The van der Waals surface area contributed by atoms with Gasteiger partial charge in [-0.15, -0.1) is 0 Å². The first-order valence-electron chi connectivity index (χ1n) is 9.04. The molecule has 1 heterocycles. The van der Waals surface area contributed by atoms with E-state index in [0.29, 0.717) is 16.9 Å². The SMILES string of the molecule is NC(=O)CNC(=O)c1ccc(NC(=O)C2=NN(c3ccccc3)C(C(N)=O)C2)cc1. The molecule has 2 aromatic rings. The van der Waals surface area contributed by atoms with Gasteiger partial charge in [0.2, 0.25) is 11.8 Å². The smallest absolute Gasteiger partial charge is 0.271 e. The molecule has 1 unspecified atom stereocenters. The molecule has 0 radical (unpaired) electrons. The second kappa shape index (κ2) is 8.86. The number of nitrogens with two attached hydrogens (primary N) is 2. The standard InChI is InChI=1S/C20H20N6O4/c21-17(27)11-23-19(29)12-6-8-13(9-7-12)24-20(30)15-10-16(18(22)28)26(25-15)14-4-2-1-3-5-14/h1-9,16H,10-11H2,(H2,21,27)(H2,22,28)(H,23,29)(H,24,30). The van der Waals surface area contributed by atoms with Crippen molar-refractivity contribution in [2.75, 3.05) is 16.9 Å². The van der Waals surface area contributed by atoms with Gasteiger partial charge in [0, 0.05) is 17.7 Å². The maximum absolute atomic E-state index is 12.6. The van der Waals surface area contributed by atoms with Crippen molar-refractivity contribution in [3.63, 3.8) is 0 Å². The van der Waals surface area contributed by atoms with Crippen molar-refractivity contribution in [3.8, 4) is 0 Å². The first kappa shape index (κ1) is 20.5. The lowest BCUT2D eigenvalue weighted by atomic mass is 10.1. The van der Waals surface area contributed by atoms with E-state index in [1.807, 2.05) is 6.07 Å². The lowest BCUT2D eigenvalue weighted by Gasteiger charge is -2.20. The highest BCUT2D eigenvalue weighted by molar-refractivity contribution is 6.44. The van der Waals surface area contributed by atoms with Crippen molar-refractivity contribution in [2.45, 2.75) is 12.5 Å². The number of amides is 4. The van der Waals surface area contributed by atoms with E-state index in [2.05, 4.69) is 15.7 Å². The average molecular weight is 408 g/mol. The summed E-state index contributed by atoms with van der Waals surface area (Å²) in [6, 6.07) is 14.2. The number of hydrogen-bond donors (Lipinski definition) is 4. The quantitative estimate of drug-likeness (QED) is 0.505. The summed E-state index contributed by atoms with van der Waals surface area (Å²) in [5, 5.41) is 10.8. The van der Waals surface area contributed by atoms with Crippen LogP contribution in [-0.2, 0) is 14.4 Å². The summed E-state index contributed by atoms with van der Waals surface area (Å²) in [6.07, 6.45) is 0.0731. The van der Waals surface area contributed by atoms with Gasteiger partial charge in [-0.3, -0.25) is 24.2 Å². The number of carbonyl (C=O) groups excluding carboxylic acids is 4. The number of para-hydroxylation sites is 1. The minimum absolute atomic E-state index is 0.0731. The van der Waals surface area contributed by atoms with Gasteiger partial charge in [0.1, 0.15) is 11.8 Å². The second-order valence-electron chi connectivity index (χ2n) is 6.53. The number of primary amides is 2. The molecule has 0 saturated heterocycles. The van der Waals surface area contributed by atoms with Gasteiger partial charge in [0.15, 0.2) is 0 Å². The molecule has 0 saturated carbocycles. The molecule has 2 aromatic carbocycles. The number of benzene rings is 2.